The molecule has 1 saturated heterocycles. The maximum Gasteiger partial charge on any atom is 0.246 e. The molecule has 2 fully saturated rings. The molecule has 0 radical (unpaired) electrons. The predicted molar refractivity (Wildman–Crippen MR) is 107 cm³/mol. The first-order chi connectivity index (χ1) is 14.1. The van der Waals surface area contributed by atoms with Gasteiger partial charge in [-0.15, -0.1) is 0 Å². The molecule has 1 aliphatic carbocycles. The van der Waals surface area contributed by atoms with Crippen molar-refractivity contribution >= 4 is 23.4 Å². The van der Waals surface area contributed by atoms with Crippen LogP contribution in [0.25, 0.3) is 0 Å². The van der Waals surface area contributed by atoms with Gasteiger partial charge in [-0.3, -0.25) is 19.1 Å². The first-order valence-electron chi connectivity index (χ1n) is 10.0. The fourth-order valence-electron chi connectivity index (χ4n) is 3.68. The second kappa shape index (κ2) is 8.46. The second-order valence-corrected chi connectivity index (χ2v) is 7.63. The van der Waals surface area contributed by atoms with Crippen LogP contribution < -0.4 is 10.6 Å². The van der Waals surface area contributed by atoms with Crippen molar-refractivity contribution < 1.29 is 14.4 Å². The van der Waals surface area contributed by atoms with Crippen molar-refractivity contribution in [1.29, 1.82) is 0 Å². The maximum atomic E-state index is 12.6. The Hall–Kier alpha value is -3.16. The maximum absolute atomic E-state index is 12.6. The smallest absolute Gasteiger partial charge is 0.246 e. The summed E-state index contributed by atoms with van der Waals surface area (Å²) in [6.45, 7) is 1.16. The van der Waals surface area contributed by atoms with Crippen LogP contribution in [-0.4, -0.2) is 45.0 Å². The van der Waals surface area contributed by atoms with E-state index in [1.54, 1.807) is 34.1 Å². The minimum Gasteiger partial charge on any atom is -0.350 e. The van der Waals surface area contributed by atoms with Crippen molar-refractivity contribution in [2.24, 2.45) is 5.92 Å². The molecule has 4 rings (SSSR count). The van der Waals surface area contributed by atoms with E-state index in [0.29, 0.717) is 25.2 Å². The number of rotatable bonds is 7. The van der Waals surface area contributed by atoms with Crippen LogP contribution in [0.2, 0.25) is 0 Å². The Morgan fingerprint density at radius 3 is 2.76 bits per heavy atom. The molecule has 2 aromatic rings. The lowest BCUT2D eigenvalue weighted by atomic mass is 10.1. The van der Waals surface area contributed by atoms with Gasteiger partial charge in [0.25, 0.3) is 0 Å². The van der Waals surface area contributed by atoms with Crippen LogP contribution in [0.4, 0.5) is 5.69 Å². The molecule has 1 unspecified atom stereocenters. The second-order valence-electron chi connectivity index (χ2n) is 7.63. The Morgan fingerprint density at radius 1 is 1.14 bits per heavy atom. The fraction of sp³-hybridized carbons (Fsp3) is 0.429. The van der Waals surface area contributed by atoms with Crippen LogP contribution in [0.5, 0.6) is 0 Å². The lowest BCUT2D eigenvalue weighted by molar-refractivity contribution is -0.139. The highest BCUT2D eigenvalue weighted by Gasteiger charge is 2.40. The van der Waals surface area contributed by atoms with Gasteiger partial charge in [-0.25, -0.2) is 0 Å². The summed E-state index contributed by atoms with van der Waals surface area (Å²) < 4.78 is 1.55. The zero-order chi connectivity index (χ0) is 20.2. The average molecular weight is 395 g/mol. The van der Waals surface area contributed by atoms with E-state index < -0.39 is 0 Å². The third-order valence-corrected chi connectivity index (χ3v) is 5.31. The van der Waals surface area contributed by atoms with E-state index in [1.807, 2.05) is 18.2 Å². The summed E-state index contributed by atoms with van der Waals surface area (Å²) in [6.07, 6.45) is 6.83. The highest BCUT2D eigenvalue weighted by atomic mass is 16.2. The molecule has 152 valence electrons. The van der Waals surface area contributed by atoms with Crippen LogP contribution in [0, 0.1) is 5.92 Å². The zero-order valence-electron chi connectivity index (χ0n) is 16.2. The highest BCUT2D eigenvalue weighted by Crippen LogP contribution is 2.33. The standard InChI is InChI=1S/C21H25N5O3/c27-19(14-25-10-3-9-23-25)24-17-5-1-4-15(12-17)13-22-20(28)18-6-2-11-26(18)21(29)16-7-8-16/h1,3-5,9-10,12,16,18H,2,6-8,11,13-14H2,(H,22,28)(H,24,27). The molecule has 1 atom stereocenters. The van der Waals surface area contributed by atoms with Gasteiger partial charge in [-0.2, -0.15) is 5.10 Å². The van der Waals surface area contributed by atoms with Gasteiger partial charge in [0.15, 0.2) is 0 Å². The van der Waals surface area contributed by atoms with Gasteiger partial charge in [-0.1, -0.05) is 12.1 Å². The minimum atomic E-state index is -0.361. The average Bonchev–Trinajstić information content (AvgIpc) is 3.22. The van der Waals surface area contributed by atoms with Crippen LogP contribution in [0.3, 0.4) is 0 Å². The number of benzene rings is 1. The molecular formula is C21H25N5O3. The number of anilines is 1. The van der Waals surface area contributed by atoms with E-state index in [1.165, 1.54) is 0 Å². The fourth-order valence-corrected chi connectivity index (χ4v) is 3.68. The molecule has 0 spiro atoms. The summed E-state index contributed by atoms with van der Waals surface area (Å²) in [6, 6.07) is 8.78. The Bertz CT molecular complexity index is 891. The first-order valence-corrected chi connectivity index (χ1v) is 10.0. The molecule has 1 aromatic heterocycles. The third kappa shape index (κ3) is 4.82. The molecule has 29 heavy (non-hydrogen) atoms. The Balaban J connectivity index is 1.30. The normalized spacial score (nSPS) is 18.5. The summed E-state index contributed by atoms with van der Waals surface area (Å²) in [4.78, 5) is 38.9. The number of aromatic nitrogens is 2. The first kappa shape index (κ1) is 19.2. The van der Waals surface area contributed by atoms with Crippen molar-refractivity contribution in [3.63, 3.8) is 0 Å². The SMILES string of the molecule is O=C(Cn1cccn1)Nc1cccc(CNC(=O)C2CCCN2C(=O)C2CC2)c1. The van der Waals surface area contributed by atoms with E-state index in [9.17, 15) is 14.4 Å². The highest BCUT2D eigenvalue weighted by molar-refractivity contribution is 5.91. The van der Waals surface area contributed by atoms with Gasteiger partial charge in [0.2, 0.25) is 17.7 Å². The lowest BCUT2D eigenvalue weighted by Crippen LogP contribution is -2.46. The number of amides is 3. The van der Waals surface area contributed by atoms with Crippen LogP contribution in [-0.2, 0) is 27.5 Å². The Morgan fingerprint density at radius 2 is 2.00 bits per heavy atom. The molecule has 1 aliphatic heterocycles. The van der Waals surface area contributed by atoms with Crippen molar-refractivity contribution in [1.82, 2.24) is 20.0 Å². The summed E-state index contributed by atoms with van der Waals surface area (Å²) >= 11 is 0. The number of nitrogens with zero attached hydrogens (tertiary/aromatic N) is 3. The summed E-state index contributed by atoms with van der Waals surface area (Å²) in [5, 5.41) is 9.80. The van der Waals surface area contributed by atoms with Gasteiger partial charge < -0.3 is 15.5 Å². The Kier molecular flexibility index (Phi) is 5.59. The molecule has 2 heterocycles. The van der Waals surface area contributed by atoms with E-state index in [2.05, 4.69) is 15.7 Å². The number of carbonyl (C=O) groups is 3. The zero-order valence-corrected chi connectivity index (χ0v) is 16.2. The van der Waals surface area contributed by atoms with Gasteiger partial charge in [0.05, 0.1) is 0 Å². The third-order valence-electron chi connectivity index (χ3n) is 5.31. The summed E-state index contributed by atoms with van der Waals surface area (Å²) in [5.74, 6) is -0.0188. The van der Waals surface area contributed by atoms with Crippen LogP contribution >= 0.6 is 0 Å². The number of nitrogens with one attached hydrogen (secondary N) is 2. The molecule has 1 aromatic carbocycles. The Labute approximate surface area is 169 Å². The van der Waals surface area contributed by atoms with Gasteiger partial charge in [0.1, 0.15) is 12.6 Å². The molecular weight excluding hydrogens is 370 g/mol. The van der Waals surface area contributed by atoms with Crippen molar-refractivity contribution in [2.45, 2.75) is 44.8 Å². The van der Waals surface area contributed by atoms with Gasteiger partial charge in [0, 0.05) is 37.1 Å². The summed E-state index contributed by atoms with van der Waals surface area (Å²) in [5.41, 5.74) is 1.55. The molecule has 8 nitrogen and oxygen atoms in total. The molecule has 8 heteroatoms. The van der Waals surface area contributed by atoms with Crippen LogP contribution in [0.1, 0.15) is 31.2 Å². The number of carbonyl (C=O) groups excluding carboxylic acids is 3. The summed E-state index contributed by atoms with van der Waals surface area (Å²) in [7, 11) is 0. The molecule has 2 N–H and O–H groups in total. The topological polar surface area (TPSA) is 96.3 Å². The van der Waals surface area contributed by atoms with Crippen molar-refractivity contribution in [2.75, 3.05) is 11.9 Å². The molecule has 1 saturated carbocycles. The van der Waals surface area contributed by atoms with Gasteiger partial charge in [-0.05, 0) is 49.4 Å². The predicted octanol–water partition coefficient (Wildman–Crippen LogP) is 1.54. The largest absolute Gasteiger partial charge is 0.350 e. The monoisotopic (exact) mass is 395 g/mol. The van der Waals surface area contributed by atoms with Crippen LogP contribution in [0.15, 0.2) is 42.7 Å². The van der Waals surface area contributed by atoms with E-state index >= 15 is 0 Å². The quantitative estimate of drug-likeness (QED) is 0.743. The van der Waals surface area contributed by atoms with E-state index in [0.717, 1.165) is 24.8 Å². The number of hydrogen-bond donors (Lipinski definition) is 2. The lowest BCUT2D eigenvalue weighted by Gasteiger charge is -2.24. The molecule has 2 aliphatic rings. The minimum absolute atomic E-state index is 0.107. The number of likely N-dealkylation sites (tertiary alicyclic amines) is 1. The molecule has 0 bridgehead atoms. The van der Waals surface area contributed by atoms with Crippen molar-refractivity contribution in [3.8, 4) is 0 Å². The molecule has 3 amide bonds. The van der Waals surface area contributed by atoms with E-state index in [4.69, 9.17) is 0 Å². The van der Waals surface area contributed by atoms with Crippen molar-refractivity contribution in [3.05, 3.63) is 48.3 Å². The number of hydrogen-bond acceptors (Lipinski definition) is 4. The van der Waals surface area contributed by atoms with E-state index in [-0.39, 0.29) is 36.2 Å². The van der Waals surface area contributed by atoms with Gasteiger partial charge >= 0.3 is 0 Å².